The molecule has 0 N–H and O–H groups in total. The molecule has 2 aromatic carbocycles. The Labute approximate surface area is 149 Å². The van der Waals surface area contributed by atoms with E-state index < -0.39 is 0 Å². The Morgan fingerprint density at radius 2 is 2.08 bits per heavy atom. The summed E-state index contributed by atoms with van der Waals surface area (Å²) in [6, 6.07) is 15.4. The first-order chi connectivity index (χ1) is 11.7. The van der Waals surface area contributed by atoms with Crippen molar-refractivity contribution in [1.82, 2.24) is 9.88 Å². The smallest absolute Gasteiger partial charge is 0.253 e. The number of carbonyl (C=O) groups is 1. The molecule has 1 fully saturated rings. The summed E-state index contributed by atoms with van der Waals surface area (Å²) < 4.78 is 1.21. The van der Waals surface area contributed by atoms with Gasteiger partial charge in [0.2, 0.25) is 0 Å². The maximum absolute atomic E-state index is 12.8. The average molecular weight is 357 g/mol. The van der Waals surface area contributed by atoms with E-state index in [0.29, 0.717) is 16.5 Å². The van der Waals surface area contributed by atoms with Crippen LogP contribution in [-0.4, -0.2) is 28.9 Å². The van der Waals surface area contributed by atoms with Crippen molar-refractivity contribution in [1.29, 1.82) is 0 Å². The molecule has 1 atom stereocenters. The van der Waals surface area contributed by atoms with E-state index >= 15 is 0 Å². The summed E-state index contributed by atoms with van der Waals surface area (Å²) >= 11 is 7.76. The van der Waals surface area contributed by atoms with E-state index in [-0.39, 0.29) is 5.91 Å². The summed E-state index contributed by atoms with van der Waals surface area (Å²) in [5, 5.41) is 1.74. The zero-order chi connectivity index (χ0) is 16.5. The number of aromatic nitrogens is 1. The van der Waals surface area contributed by atoms with Gasteiger partial charge in [-0.25, -0.2) is 4.98 Å². The zero-order valence-electron chi connectivity index (χ0n) is 13.1. The van der Waals surface area contributed by atoms with Crippen LogP contribution in [0.5, 0.6) is 0 Å². The van der Waals surface area contributed by atoms with Crippen LogP contribution >= 0.6 is 22.9 Å². The fourth-order valence-electron chi connectivity index (χ4n) is 3.23. The van der Waals surface area contributed by atoms with E-state index in [1.165, 1.54) is 4.70 Å². The molecule has 122 valence electrons. The summed E-state index contributed by atoms with van der Waals surface area (Å²) in [5.74, 6) is 0.377. The highest BCUT2D eigenvalue weighted by Gasteiger charge is 2.27. The number of hydrogen-bond acceptors (Lipinski definition) is 3. The van der Waals surface area contributed by atoms with Crippen molar-refractivity contribution < 1.29 is 4.79 Å². The second-order valence-electron chi connectivity index (χ2n) is 6.12. The number of nitrogens with zero attached hydrogens (tertiary/aromatic N) is 2. The molecule has 1 amide bonds. The Morgan fingerprint density at radius 1 is 1.21 bits per heavy atom. The molecule has 0 aliphatic carbocycles. The molecule has 1 aliphatic rings. The van der Waals surface area contributed by atoms with Gasteiger partial charge in [-0.3, -0.25) is 4.79 Å². The summed E-state index contributed by atoms with van der Waals surface area (Å²) in [4.78, 5) is 19.5. The van der Waals surface area contributed by atoms with Crippen LogP contribution in [0.25, 0.3) is 10.2 Å². The quantitative estimate of drug-likeness (QED) is 0.649. The van der Waals surface area contributed by atoms with Crippen LogP contribution in [0.2, 0.25) is 5.02 Å². The van der Waals surface area contributed by atoms with E-state index in [1.54, 1.807) is 23.5 Å². The molecule has 1 saturated heterocycles. The number of halogens is 1. The summed E-state index contributed by atoms with van der Waals surface area (Å²) in [6.07, 6.45) is 2.09. The molecule has 0 radical (unpaired) electrons. The average Bonchev–Trinajstić information content (AvgIpc) is 3.05. The number of hydrogen-bond donors (Lipinski definition) is 0. The van der Waals surface area contributed by atoms with Gasteiger partial charge in [-0.2, -0.15) is 0 Å². The molecular formula is C19H17ClN2OS. The molecule has 1 aliphatic heterocycles. The van der Waals surface area contributed by atoms with Gasteiger partial charge in [0.15, 0.2) is 0 Å². The number of rotatable bonds is 2. The minimum Gasteiger partial charge on any atom is -0.338 e. The van der Waals surface area contributed by atoms with Gasteiger partial charge in [-0.05, 0) is 43.2 Å². The number of fused-ring (bicyclic) bond motifs is 1. The lowest BCUT2D eigenvalue weighted by Crippen LogP contribution is -2.39. The number of piperidine rings is 1. The lowest BCUT2D eigenvalue weighted by molar-refractivity contribution is 0.0707. The van der Waals surface area contributed by atoms with Crippen molar-refractivity contribution in [3.63, 3.8) is 0 Å². The highest BCUT2D eigenvalue weighted by molar-refractivity contribution is 7.18. The van der Waals surface area contributed by atoms with Crippen LogP contribution in [-0.2, 0) is 0 Å². The van der Waals surface area contributed by atoms with Gasteiger partial charge in [0.25, 0.3) is 5.91 Å². The van der Waals surface area contributed by atoms with E-state index in [2.05, 4.69) is 6.07 Å². The van der Waals surface area contributed by atoms with Crippen molar-refractivity contribution in [2.24, 2.45) is 0 Å². The van der Waals surface area contributed by atoms with Gasteiger partial charge in [0.05, 0.1) is 15.2 Å². The molecule has 3 nitrogen and oxygen atoms in total. The van der Waals surface area contributed by atoms with E-state index in [0.717, 1.165) is 36.5 Å². The monoisotopic (exact) mass is 356 g/mol. The third-order valence-electron chi connectivity index (χ3n) is 4.44. The number of thiazole rings is 1. The lowest BCUT2D eigenvalue weighted by atomic mass is 9.98. The fraction of sp³-hybridized carbons (Fsp3) is 0.263. The van der Waals surface area contributed by atoms with Crippen LogP contribution in [0.1, 0.15) is 34.1 Å². The summed E-state index contributed by atoms with van der Waals surface area (Å²) in [7, 11) is 0. The van der Waals surface area contributed by atoms with Crippen LogP contribution in [0, 0.1) is 0 Å². The highest BCUT2D eigenvalue weighted by Crippen LogP contribution is 2.33. The van der Waals surface area contributed by atoms with E-state index in [4.69, 9.17) is 16.6 Å². The molecule has 24 heavy (non-hydrogen) atoms. The molecule has 2 heterocycles. The van der Waals surface area contributed by atoms with Crippen molar-refractivity contribution in [2.45, 2.75) is 18.8 Å². The van der Waals surface area contributed by atoms with Gasteiger partial charge >= 0.3 is 0 Å². The minimum absolute atomic E-state index is 0.0586. The Balaban J connectivity index is 1.56. The fourth-order valence-corrected chi connectivity index (χ4v) is 4.52. The summed E-state index contributed by atoms with van der Waals surface area (Å²) in [5.41, 5.74) is 1.71. The normalized spacial score (nSPS) is 18.0. The number of carbonyl (C=O) groups excluding carboxylic acids is 1. The van der Waals surface area contributed by atoms with Crippen molar-refractivity contribution >= 4 is 39.1 Å². The van der Waals surface area contributed by atoms with Gasteiger partial charge in [0, 0.05) is 29.6 Å². The standard InChI is InChI=1S/C19H17ClN2OS/c20-15-7-3-5-13(11-15)19(23)22-10-4-6-14(12-22)18-21-16-8-1-2-9-17(16)24-18/h1-3,5,7-9,11,14H,4,6,10,12H2. The second kappa shape index (κ2) is 6.54. The highest BCUT2D eigenvalue weighted by atomic mass is 35.5. The van der Waals surface area contributed by atoms with Crippen molar-refractivity contribution in [2.75, 3.05) is 13.1 Å². The second-order valence-corrected chi connectivity index (χ2v) is 7.62. The predicted molar refractivity (Wildman–Crippen MR) is 99.0 cm³/mol. The molecular weight excluding hydrogens is 340 g/mol. The zero-order valence-corrected chi connectivity index (χ0v) is 14.7. The number of likely N-dealkylation sites (tertiary alicyclic amines) is 1. The van der Waals surface area contributed by atoms with Crippen LogP contribution in [0.15, 0.2) is 48.5 Å². The van der Waals surface area contributed by atoms with E-state index in [9.17, 15) is 4.79 Å². The molecule has 5 heteroatoms. The molecule has 3 aromatic rings. The first-order valence-corrected chi connectivity index (χ1v) is 9.30. The minimum atomic E-state index is 0.0586. The van der Waals surface area contributed by atoms with Gasteiger partial charge in [0.1, 0.15) is 0 Å². The Bertz CT molecular complexity index is 859. The van der Waals surface area contributed by atoms with Crippen molar-refractivity contribution in [3.8, 4) is 0 Å². The molecule has 1 aromatic heterocycles. The molecule has 4 rings (SSSR count). The largest absolute Gasteiger partial charge is 0.338 e. The molecule has 0 saturated carbocycles. The predicted octanol–water partition coefficient (Wildman–Crippen LogP) is 4.97. The summed E-state index contributed by atoms with van der Waals surface area (Å²) in [6.45, 7) is 1.53. The number of para-hydroxylation sites is 1. The first-order valence-electron chi connectivity index (χ1n) is 8.11. The topological polar surface area (TPSA) is 33.2 Å². The number of benzene rings is 2. The number of amides is 1. The third-order valence-corrected chi connectivity index (χ3v) is 5.87. The SMILES string of the molecule is O=C(c1cccc(Cl)c1)N1CCCC(c2nc3ccccc3s2)C1. The van der Waals surface area contributed by atoms with Crippen molar-refractivity contribution in [3.05, 3.63) is 64.1 Å². The Kier molecular flexibility index (Phi) is 4.25. The first kappa shape index (κ1) is 15.6. The maximum Gasteiger partial charge on any atom is 0.253 e. The van der Waals surface area contributed by atoms with Crippen LogP contribution in [0.4, 0.5) is 0 Å². The maximum atomic E-state index is 12.8. The van der Waals surface area contributed by atoms with Crippen LogP contribution in [0.3, 0.4) is 0 Å². The molecule has 0 bridgehead atoms. The van der Waals surface area contributed by atoms with Crippen LogP contribution < -0.4 is 0 Å². The Hall–Kier alpha value is -1.91. The van der Waals surface area contributed by atoms with Gasteiger partial charge in [-0.15, -0.1) is 11.3 Å². The lowest BCUT2D eigenvalue weighted by Gasteiger charge is -2.32. The van der Waals surface area contributed by atoms with E-state index in [1.807, 2.05) is 35.2 Å². The third kappa shape index (κ3) is 3.04. The van der Waals surface area contributed by atoms with Gasteiger partial charge < -0.3 is 4.90 Å². The molecule has 1 unspecified atom stereocenters. The Morgan fingerprint density at radius 3 is 2.92 bits per heavy atom. The molecule has 0 spiro atoms. The van der Waals surface area contributed by atoms with Gasteiger partial charge in [-0.1, -0.05) is 29.8 Å².